The van der Waals surface area contributed by atoms with Crippen molar-refractivity contribution in [3.05, 3.63) is 0 Å². The molecule has 2 saturated heterocycles. The molecule has 1 spiro atoms. The van der Waals surface area contributed by atoms with Crippen molar-refractivity contribution < 1.29 is 24.3 Å². The fourth-order valence-corrected chi connectivity index (χ4v) is 2.50. The van der Waals surface area contributed by atoms with Crippen LogP contribution in [0.15, 0.2) is 0 Å². The van der Waals surface area contributed by atoms with Gasteiger partial charge in [-0.3, -0.25) is 19.7 Å². The molecule has 0 bridgehead atoms. The predicted molar refractivity (Wildman–Crippen MR) is 65.4 cm³/mol. The first-order chi connectivity index (χ1) is 9.34. The monoisotopic (exact) mass is 284 g/mol. The second-order valence-corrected chi connectivity index (χ2v) is 5.02. The Bertz CT molecular complexity index is 469. The number of carbonyl (C=O) groups is 4. The summed E-state index contributed by atoms with van der Waals surface area (Å²) in [5, 5.41) is 13.4. The van der Waals surface area contributed by atoms with Crippen molar-refractivity contribution >= 4 is 23.8 Å². The van der Waals surface area contributed by atoms with Crippen molar-refractivity contribution in [2.75, 3.05) is 13.1 Å². The Balaban J connectivity index is 1.94. The van der Waals surface area contributed by atoms with E-state index in [1.165, 1.54) is 4.90 Å². The summed E-state index contributed by atoms with van der Waals surface area (Å²) in [6.07, 6.45) is 0.143. The highest BCUT2D eigenvalue weighted by Crippen LogP contribution is 2.25. The third kappa shape index (κ3) is 2.57. The van der Waals surface area contributed by atoms with E-state index in [9.17, 15) is 19.2 Å². The number of imide groups is 1. The van der Waals surface area contributed by atoms with E-state index in [0.29, 0.717) is 0 Å². The number of rotatable bonds is 3. The topological polar surface area (TPSA) is 142 Å². The number of nitrogens with one attached hydrogen (secondary N) is 2. The molecule has 2 fully saturated rings. The largest absolute Gasteiger partial charge is 0.481 e. The number of likely N-dealkylation sites (tertiary alicyclic amines) is 1. The van der Waals surface area contributed by atoms with Gasteiger partial charge in [-0.2, -0.15) is 0 Å². The van der Waals surface area contributed by atoms with Crippen molar-refractivity contribution in [1.82, 2.24) is 15.5 Å². The highest BCUT2D eigenvalue weighted by atomic mass is 16.4. The van der Waals surface area contributed by atoms with Crippen molar-refractivity contribution in [1.29, 1.82) is 0 Å². The Kier molecular flexibility index (Phi) is 3.62. The zero-order valence-electron chi connectivity index (χ0n) is 10.7. The first kappa shape index (κ1) is 14.3. The smallest absolute Gasteiger partial charge is 0.322 e. The number of urea groups is 1. The highest BCUT2D eigenvalue weighted by Gasteiger charge is 2.48. The fraction of sp³-hybridized carbons (Fsp3) is 0.636. The van der Waals surface area contributed by atoms with Crippen LogP contribution >= 0.6 is 0 Å². The third-order valence-electron chi connectivity index (χ3n) is 3.65. The molecule has 0 saturated carbocycles. The van der Waals surface area contributed by atoms with Gasteiger partial charge in [-0.15, -0.1) is 0 Å². The van der Waals surface area contributed by atoms with E-state index in [2.05, 4.69) is 10.6 Å². The number of carbonyl (C=O) groups excluding carboxylic acids is 3. The van der Waals surface area contributed by atoms with Gasteiger partial charge in [0.05, 0.1) is 12.5 Å². The van der Waals surface area contributed by atoms with Gasteiger partial charge in [0, 0.05) is 13.1 Å². The molecule has 0 aromatic rings. The average Bonchev–Trinajstić information content (AvgIpc) is 2.63. The molecule has 0 aromatic heterocycles. The molecule has 20 heavy (non-hydrogen) atoms. The van der Waals surface area contributed by atoms with Gasteiger partial charge in [-0.1, -0.05) is 0 Å². The minimum atomic E-state index is -1.14. The van der Waals surface area contributed by atoms with Crippen molar-refractivity contribution in [2.24, 2.45) is 5.73 Å². The van der Waals surface area contributed by atoms with Crippen molar-refractivity contribution in [3.8, 4) is 0 Å². The van der Waals surface area contributed by atoms with Crippen LogP contribution in [0.25, 0.3) is 0 Å². The molecular formula is C11H16N4O5. The number of carboxylic acid groups (broad SMARTS) is 1. The molecule has 1 unspecified atom stereocenters. The molecule has 9 nitrogen and oxygen atoms in total. The number of piperidine rings is 1. The van der Waals surface area contributed by atoms with Crippen LogP contribution in [0.2, 0.25) is 0 Å². The lowest BCUT2D eigenvalue weighted by Crippen LogP contribution is -2.57. The summed E-state index contributed by atoms with van der Waals surface area (Å²) < 4.78 is 0. The lowest BCUT2D eigenvalue weighted by atomic mass is 9.87. The molecule has 0 radical (unpaired) electrons. The maximum atomic E-state index is 11.9. The summed E-state index contributed by atoms with van der Waals surface area (Å²) in [5.41, 5.74) is 4.57. The van der Waals surface area contributed by atoms with Gasteiger partial charge in [0.15, 0.2) is 0 Å². The van der Waals surface area contributed by atoms with E-state index in [1.807, 2.05) is 0 Å². The molecule has 2 aliphatic rings. The standard InChI is InChI=1S/C11H16N4O5/c12-6(5-7(16)17)8(18)15-3-1-11(2-4-15)9(19)13-10(20)14-11/h6H,1-5,12H2,(H,16,17)(H2,13,14,19,20). The molecule has 1 atom stereocenters. The molecule has 2 rings (SSSR count). The van der Waals surface area contributed by atoms with Crippen molar-refractivity contribution in [2.45, 2.75) is 30.8 Å². The normalized spacial score (nSPS) is 22.4. The zero-order chi connectivity index (χ0) is 14.9. The van der Waals surface area contributed by atoms with Crippen molar-refractivity contribution in [3.63, 3.8) is 0 Å². The van der Waals surface area contributed by atoms with Gasteiger partial charge in [0.2, 0.25) is 5.91 Å². The maximum absolute atomic E-state index is 11.9. The lowest BCUT2D eigenvalue weighted by Gasteiger charge is -2.37. The van der Waals surface area contributed by atoms with Crippen LogP contribution in [0.4, 0.5) is 4.79 Å². The van der Waals surface area contributed by atoms with Crippen LogP contribution in [0.1, 0.15) is 19.3 Å². The van der Waals surface area contributed by atoms with Gasteiger partial charge >= 0.3 is 12.0 Å². The molecule has 5 N–H and O–H groups in total. The zero-order valence-corrected chi connectivity index (χ0v) is 10.7. The molecule has 2 heterocycles. The summed E-state index contributed by atoms with van der Waals surface area (Å²) in [6.45, 7) is 0.500. The summed E-state index contributed by atoms with van der Waals surface area (Å²) in [4.78, 5) is 46.8. The van der Waals surface area contributed by atoms with Crippen LogP contribution < -0.4 is 16.4 Å². The molecule has 4 amide bonds. The number of amides is 4. The summed E-state index contributed by atoms with van der Waals surface area (Å²) >= 11 is 0. The first-order valence-electron chi connectivity index (χ1n) is 6.24. The Morgan fingerprint density at radius 3 is 2.40 bits per heavy atom. The molecule has 0 aromatic carbocycles. The second kappa shape index (κ2) is 5.08. The first-order valence-corrected chi connectivity index (χ1v) is 6.24. The number of nitrogens with two attached hydrogens (primary N) is 1. The van der Waals surface area contributed by atoms with Gasteiger partial charge in [0.1, 0.15) is 5.54 Å². The second-order valence-electron chi connectivity index (χ2n) is 5.02. The minimum Gasteiger partial charge on any atom is -0.481 e. The molecule has 0 aliphatic carbocycles. The number of hydrogen-bond acceptors (Lipinski definition) is 5. The van der Waals surface area contributed by atoms with E-state index in [-0.39, 0.29) is 31.8 Å². The van der Waals surface area contributed by atoms with Crippen LogP contribution in [0, 0.1) is 0 Å². The number of nitrogens with zero attached hydrogens (tertiary/aromatic N) is 1. The summed E-state index contributed by atoms with van der Waals surface area (Å²) in [6, 6.07) is -1.62. The Morgan fingerprint density at radius 2 is 1.95 bits per heavy atom. The highest BCUT2D eigenvalue weighted by molar-refractivity contribution is 6.07. The average molecular weight is 284 g/mol. The van der Waals surface area contributed by atoms with Crippen LogP contribution in [0.3, 0.4) is 0 Å². The summed E-state index contributed by atoms with van der Waals surface area (Å²) in [7, 11) is 0. The summed E-state index contributed by atoms with van der Waals surface area (Å²) in [5.74, 6) is -1.97. The fourth-order valence-electron chi connectivity index (χ4n) is 2.50. The molecule has 110 valence electrons. The lowest BCUT2D eigenvalue weighted by molar-refractivity contribution is -0.143. The van der Waals surface area contributed by atoms with E-state index < -0.39 is 35.9 Å². The number of hydrogen-bond donors (Lipinski definition) is 4. The maximum Gasteiger partial charge on any atom is 0.322 e. The predicted octanol–water partition coefficient (Wildman–Crippen LogP) is -2.01. The minimum absolute atomic E-state index is 0.250. The Hall–Kier alpha value is -2.16. The van der Waals surface area contributed by atoms with E-state index >= 15 is 0 Å². The van der Waals surface area contributed by atoms with Crippen LogP contribution in [-0.4, -0.2) is 58.5 Å². The van der Waals surface area contributed by atoms with Gasteiger partial charge in [-0.05, 0) is 12.8 Å². The Morgan fingerprint density at radius 1 is 1.35 bits per heavy atom. The van der Waals surface area contributed by atoms with Crippen LogP contribution in [-0.2, 0) is 14.4 Å². The Labute approximate surface area is 114 Å². The molecular weight excluding hydrogens is 268 g/mol. The van der Waals surface area contributed by atoms with E-state index in [4.69, 9.17) is 10.8 Å². The molecule has 9 heteroatoms. The van der Waals surface area contributed by atoms with Gasteiger partial charge in [-0.25, -0.2) is 4.79 Å². The van der Waals surface area contributed by atoms with E-state index in [1.54, 1.807) is 0 Å². The quantitative estimate of drug-likeness (QED) is 0.441. The molecule has 2 aliphatic heterocycles. The van der Waals surface area contributed by atoms with Gasteiger partial charge < -0.3 is 21.1 Å². The van der Waals surface area contributed by atoms with E-state index in [0.717, 1.165) is 0 Å². The van der Waals surface area contributed by atoms with Gasteiger partial charge in [0.25, 0.3) is 5.91 Å². The van der Waals surface area contributed by atoms with Crippen LogP contribution in [0.5, 0.6) is 0 Å². The SMILES string of the molecule is NC(CC(=O)O)C(=O)N1CCC2(CC1)NC(=O)NC2=O. The number of carboxylic acids is 1. The third-order valence-corrected chi connectivity index (χ3v) is 3.65. The number of aliphatic carboxylic acids is 1.